The molecule has 0 aliphatic heterocycles. The van der Waals surface area contributed by atoms with E-state index in [0.29, 0.717) is 12.5 Å². The molecule has 162 valence electrons. The van der Waals surface area contributed by atoms with Gasteiger partial charge in [-0.25, -0.2) is 9.38 Å². The summed E-state index contributed by atoms with van der Waals surface area (Å²) in [5.74, 6) is 2.08. The van der Waals surface area contributed by atoms with Crippen LogP contribution in [0.15, 0.2) is 34.4 Å². The van der Waals surface area contributed by atoms with Gasteiger partial charge in [-0.05, 0) is 43.2 Å². The lowest BCUT2D eigenvalue weighted by atomic mass is 10.2. The van der Waals surface area contributed by atoms with Gasteiger partial charge in [-0.3, -0.25) is 0 Å². The Hall–Kier alpha value is -1.36. The molecule has 2 N–H and O–H groups in total. The van der Waals surface area contributed by atoms with E-state index in [-0.39, 0.29) is 29.8 Å². The summed E-state index contributed by atoms with van der Waals surface area (Å²) in [6.45, 7) is 9.35. The van der Waals surface area contributed by atoms with Crippen molar-refractivity contribution in [2.75, 3.05) is 19.3 Å². The molecule has 0 fully saturated rings. The van der Waals surface area contributed by atoms with Crippen LogP contribution in [0.4, 0.5) is 4.39 Å². The summed E-state index contributed by atoms with van der Waals surface area (Å²) in [7, 11) is 0. The summed E-state index contributed by atoms with van der Waals surface area (Å²) in [6.07, 6.45) is 3.81. The molecule has 6 nitrogen and oxygen atoms in total. The molecule has 2 rings (SSSR count). The van der Waals surface area contributed by atoms with Crippen molar-refractivity contribution in [3.8, 4) is 0 Å². The fourth-order valence-electron chi connectivity index (χ4n) is 2.80. The van der Waals surface area contributed by atoms with Gasteiger partial charge >= 0.3 is 0 Å². The highest BCUT2D eigenvalue weighted by Crippen LogP contribution is 2.16. The van der Waals surface area contributed by atoms with E-state index in [0.717, 1.165) is 55.0 Å². The standard InChI is InChI=1S/C20H31FN6S.HI/c1-5-22-19(24-13-16-8-6-9-17(21)12-16)23-11-7-10-18-25-26-20(28-4)27(18)14-15(2)3;/h6,8-9,12,15H,5,7,10-11,13-14H2,1-4H3,(H2,22,23,24);1H. The molecular formula is C20H32FIN6S. The molecule has 29 heavy (non-hydrogen) atoms. The zero-order valence-electron chi connectivity index (χ0n) is 17.6. The van der Waals surface area contributed by atoms with Crippen LogP contribution in [0.25, 0.3) is 0 Å². The van der Waals surface area contributed by atoms with Crippen molar-refractivity contribution in [2.24, 2.45) is 10.9 Å². The van der Waals surface area contributed by atoms with Crippen molar-refractivity contribution in [1.82, 2.24) is 25.4 Å². The maximum absolute atomic E-state index is 13.3. The smallest absolute Gasteiger partial charge is 0.191 e. The predicted octanol–water partition coefficient (Wildman–Crippen LogP) is 4.10. The molecule has 1 aromatic heterocycles. The summed E-state index contributed by atoms with van der Waals surface area (Å²) in [4.78, 5) is 4.53. The lowest BCUT2D eigenvalue weighted by molar-refractivity contribution is 0.477. The van der Waals surface area contributed by atoms with Crippen molar-refractivity contribution in [3.63, 3.8) is 0 Å². The number of nitrogens with zero attached hydrogens (tertiary/aromatic N) is 4. The highest BCUT2D eigenvalue weighted by Gasteiger charge is 2.12. The summed E-state index contributed by atoms with van der Waals surface area (Å²) in [5, 5.41) is 16.2. The molecule has 9 heteroatoms. The van der Waals surface area contributed by atoms with Crippen LogP contribution in [0, 0.1) is 11.7 Å². The van der Waals surface area contributed by atoms with Crippen LogP contribution < -0.4 is 10.6 Å². The fourth-order valence-corrected chi connectivity index (χ4v) is 3.33. The summed E-state index contributed by atoms with van der Waals surface area (Å²) in [6, 6.07) is 6.53. The van der Waals surface area contributed by atoms with Gasteiger partial charge in [0.2, 0.25) is 0 Å². The number of nitrogens with one attached hydrogen (secondary N) is 2. The average molecular weight is 534 g/mol. The number of hydrogen-bond donors (Lipinski definition) is 2. The van der Waals surface area contributed by atoms with E-state index < -0.39 is 0 Å². The average Bonchev–Trinajstić information content (AvgIpc) is 3.04. The largest absolute Gasteiger partial charge is 0.357 e. The Balaban J connectivity index is 0.00000420. The maximum Gasteiger partial charge on any atom is 0.191 e. The monoisotopic (exact) mass is 534 g/mol. The number of aliphatic imine (C=N–C) groups is 1. The van der Waals surface area contributed by atoms with Gasteiger partial charge in [0.1, 0.15) is 11.6 Å². The number of thioether (sulfide) groups is 1. The van der Waals surface area contributed by atoms with Gasteiger partial charge in [-0.1, -0.05) is 37.7 Å². The molecule has 0 spiro atoms. The van der Waals surface area contributed by atoms with Gasteiger partial charge in [0.25, 0.3) is 0 Å². The molecule has 0 aliphatic carbocycles. The van der Waals surface area contributed by atoms with Crippen molar-refractivity contribution in [2.45, 2.75) is 51.9 Å². The number of guanidine groups is 1. The third kappa shape index (κ3) is 8.90. The van der Waals surface area contributed by atoms with E-state index in [2.05, 4.69) is 44.2 Å². The Bertz CT molecular complexity index is 765. The molecule has 1 heterocycles. The van der Waals surface area contributed by atoms with Gasteiger partial charge in [-0.15, -0.1) is 34.2 Å². The molecule has 1 aromatic carbocycles. The van der Waals surface area contributed by atoms with Crippen molar-refractivity contribution in [1.29, 1.82) is 0 Å². The third-order valence-electron chi connectivity index (χ3n) is 4.05. The highest BCUT2D eigenvalue weighted by molar-refractivity contribution is 14.0. The minimum Gasteiger partial charge on any atom is -0.357 e. The molecular weight excluding hydrogens is 502 g/mol. The first-order chi connectivity index (χ1) is 13.5. The van der Waals surface area contributed by atoms with Gasteiger partial charge in [-0.2, -0.15) is 0 Å². The molecule has 0 radical (unpaired) electrons. The third-order valence-corrected chi connectivity index (χ3v) is 4.71. The molecule has 0 bridgehead atoms. The Labute approximate surface area is 194 Å². The first-order valence-corrected chi connectivity index (χ1v) is 11.0. The van der Waals surface area contributed by atoms with Crippen LogP contribution in [0.2, 0.25) is 0 Å². The Morgan fingerprint density at radius 3 is 2.72 bits per heavy atom. The number of aromatic nitrogens is 3. The molecule has 0 unspecified atom stereocenters. The molecule has 0 saturated carbocycles. The maximum atomic E-state index is 13.3. The Kier molecular flexibility index (Phi) is 12.2. The minimum atomic E-state index is -0.235. The number of rotatable bonds is 10. The number of benzene rings is 1. The van der Waals surface area contributed by atoms with Crippen LogP contribution in [0.1, 0.15) is 38.6 Å². The molecule has 0 amide bonds. The summed E-state index contributed by atoms with van der Waals surface area (Å²) < 4.78 is 15.5. The Morgan fingerprint density at radius 2 is 2.07 bits per heavy atom. The number of hydrogen-bond acceptors (Lipinski definition) is 4. The highest BCUT2D eigenvalue weighted by atomic mass is 127. The van der Waals surface area contributed by atoms with Crippen molar-refractivity contribution < 1.29 is 4.39 Å². The first-order valence-electron chi connectivity index (χ1n) is 9.76. The van der Waals surface area contributed by atoms with E-state index in [1.807, 2.05) is 19.2 Å². The molecule has 0 aliphatic rings. The van der Waals surface area contributed by atoms with E-state index >= 15 is 0 Å². The van der Waals surface area contributed by atoms with E-state index in [1.165, 1.54) is 12.1 Å². The lowest BCUT2D eigenvalue weighted by Gasteiger charge is -2.13. The normalized spacial score (nSPS) is 11.4. The first kappa shape index (κ1) is 25.7. The molecule has 0 atom stereocenters. The number of aryl methyl sites for hydroxylation is 1. The van der Waals surface area contributed by atoms with E-state index in [9.17, 15) is 4.39 Å². The molecule has 2 aromatic rings. The summed E-state index contributed by atoms with van der Waals surface area (Å²) in [5.41, 5.74) is 0.851. The van der Waals surface area contributed by atoms with Crippen LogP contribution in [-0.4, -0.2) is 40.1 Å². The van der Waals surface area contributed by atoms with E-state index in [1.54, 1.807) is 17.8 Å². The second kappa shape index (κ2) is 13.8. The molecule has 0 saturated heterocycles. The zero-order valence-corrected chi connectivity index (χ0v) is 20.8. The number of halogens is 2. The van der Waals surface area contributed by atoms with E-state index in [4.69, 9.17) is 0 Å². The van der Waals surface area contributed by atoms with Crippen LogP contribution in [-0.2, 0) is 19.5 Å². The predicted molar refractivity (Wildman–Crippen MR) is 130 cm³/mol. The SMILES string of the molecule is CCNC(=NCc1cccc(F)c1)NCCCc1nnc(SC)n1CC(C)C.I. The van der Waals surface area contributed by atoms with Crippen LogP contribution in [0.3, 0.4) is 0 Å². The quantitative estimate of drug-likeness (QED) is 0.158. The topological polar surface area (TPSA) is 67.1 Å². The second-order valence-electron chi connectivity index (χ2n) is 6.96. The van der Waals surface area contributed by atoms with Crippen molar-refractivity contribution >= 4 is 41.7 Å². The van der Waals surface area contributed by atoms with Crippen LogP contribution >= 0.6 is 35.7 Å². The van der Waals surface area contributed by atoms with Gasteiger partial charge in [0.15, 0.2) is 11.1 Å². The zero-order chi connectivity index (χ0) is 20.4. The van der Waals surface area contributed by atoms with Crippen molar-refractivity contribution in [3.05, 3.63) is 41.5 Å². The summed E-state index contributed by atoms with van der Waals surface area (Å²) >= 11 is 1.63. The van der Waals surface area contributed by atoms with Gasteiger partial charge in [0.05, 0.1) is 6.54 Å². The lowest BCUT2D eigenvalue weighted by Crippen LogP contribution is -2.37. The minimum absolute atomic E-state index is 0. The van der Waals surface area contributed by atoms with Gasteiger partial charge < -0.3 is 15.2 Å². The Morgan fingerprint density at radius 1 is 1.28 bits per heavy atom. The second-order valence-corrected chi connectivity index (χ2v) is 7.74. The van der Waals surface area contributed by atoms with Crippen LogP contribution in [0.5, 0.6) is 0 Å². The van der Waals surface area contributed by atoms with Gasteiger partial charge in [0, 0.05) is 26.1 Å². The fraction of sp³-hybridized carbons (Fsp3) is 0.550.